The van der Waals surface area contributed by atoms with Crippen LogP contribution < -0.4 is 5.73 Å². The summed E-state index contributed by atoms with van der Waals surface area (Å²) in [5.74, 6) is -0.833. The van der Waals surface area contributed by atoms with E-state index in [0.29, 0.717) is 0 Å². The molecule has 25 heavy (non-hydrogen) atoms. The van der Waals surface area contributed by atoms with Crippen molar-refractivity contribution in [1.29, 1.82) is 0 Å². The first-order chi connectivity index (χ1) is 12.1. The molecule has 0 amide bonds. The average molecular weight is 347 g/mol. The molecule has 0 fully saturated rings. The number of para-hydroxylation sites is 1. The third-order valence-corrected chi connectivity index (χ3v) is 3.57. The van der Waals surface area contributed by atoms with Gasteiger partial charge in [-0.2, -0.15) is 0 Å². The van der Waals surface area contributed by atoms with Gasteiger partial charge in [0, 0.05) is 18.5 Å². The first kappa shape index (κ1) is 23.1. The fourth-order valence-electron chi connectivity index (χ4n) is 2.29. The van der Waals surface area contributed by atoms with Crippen LogP contribution in [0.3, 0.4) is 0 Å². The van der Waals surface area contributed by atoms with Crippen molar-refractivity contribution in [2.45, 2.75) is 65.2 Å². The summed E-state index contributed by atoms with van der Waals surface area (Å²) in [7, 11) is 0. The van der Waals surface area contributed by atoms with Gasteiger partial charge in [-0.1, -0.05) is 76.1 Å². The predicted octanol–water partition coefficient (Wildman–Crippen LogP) is 5.41. The summed E-state index contributed by atoms with van der Waals surface area (Å²) >= 11 is 0. The smallest absolute Gasteiger partial charge is 0.300 e. The van der Waals surface area contributed by atoms with Gasteiger partial charge in [0.2, 0.25) is 0 Å². The standard InChI is InChI=1S/C10H23N.C9H7N.C2H4O2/c1-2-3-4-5-6-7-8-9-10-11;1-2-6-9-8(4-1)5-3-7-10-9;1-2(3)4/h2-11H2,1H3;1-7H;1H3,(H,3,4). The number of benzene rings is 1. The molecular formula is C21H34N2O2. The van der Waals surface area contributed by atoms with Crippen molar-refractivity contribution in [1.82, 2.24) is 4.98 Å². The Kier molecular flexibility index (Phi) is 15.6. The Labute approximate surface area is 152 Å². The molecule has 0 atom stereocenters. The van der Waals surface area contributed by atoms with E-state index in [1.807, 2.05) is 30.5 Å². The quantitative estimate of drug-likeness (QED) is 0.626. The third kappa shape index (κ3) is 15.3. The maximum absolute atomic E-state index is 9.00. The number of aliphatic carboxylic acids is 1. The molecule has 0 aliphatic carbocycles. The fraction of sp³-hybridized carbons (Fsp3) is 0.524. The summed E-state index contributed by atoms with van der Waals surface area (Å²) in [5.41, 5.74) is 6.45. The van der Waals surface area contributed by atoms with E-state index in [-0.39, 0.29) is 0 Å². The van der Waals surface area contributed by atoms with Gasteiger partial charge in [0.1, 0.15) is 0 Å². The second-order valence-electron chi connectivity index (χ2n) is 5.98. The second-order valence-corrected chi connectivity index (χ2v) is 5.98. The summed E-state index contributed by atoms with van der Waals surface area (Å²) < 4.78 is 0. The number of carboxylic acids is 1. The molecule has 0 radical (unpaired) electrons. The van der Waals surface area contributed by atoms with Gasteiger partial charge in [-0.15, -0.1) is 0 Å². The highest BCUT2D eigenvalue weighted by atomic mass is 16.4. The average Bonchev–Trinajstić information content (AvgIpc) is 2.61. The van der Waals surface area contributed by atoms with Crippen LogP contribution >= 0.6 is 0 Å². The number of carboxylic acid groups (broad SMARTS) is 1. The van der Waals surface area contributed by atoms with Crippen LogP contribution in [0.2, 0.25) is 0 Å². The number of nitrogens with two attached hydrogens (primary N) is 1. The summed E-state index contributed by atoms with van der Waals surface area (Å²) in [5, 5.41) is 8.62. The Morgan fingerprint density at radius 2 is 1.48 bits per heavy atom. The van der Waals surface area contributed by atoms with E-state index in [4.69, 9.17) is 15.6 Å². The lowest BCUT2D eigenvalue weighted by Gasteiger charge is -1.99. The van der Waals surface area contributed by atoms with Gasteiger partial charge in [-0.25, -0.2) is 0 Å². The second kappa shape index (κ2) is 16.9. The van der Waals surface area contributed by atoms with Gasteiger partial charge in [0.15, 0.2) is 0 Å². The van der Waals surface area contributed by atoms with E-state index in [1.54, 1.807) is 0 Å². The van der Waals surface area contributed by atoms with E-state index in [2.05, 4.69) is 24.0 Å². The first-order valence-electron chi connectivity index (χ1n) is 9.31. The number of hydrogen-bond donors (Lipinski definition) is 2. The molecule has 0 aliphatic rings. The maximum Gasteiger partial charge on any atom is 0.300 e. The van der Waals surface area contributed by atoms with Crippen molar-refractivity contribution in [2.75, 3.05) is 6.54 Å². The molecule has 4 nitrogen and oxygen atoms in total. The van der Waals surface area contributed by atoms with Gasteiger partial charge in [0.05, 0.1) is 5.52 Å². The van der Waals surface area contributed by atoms with Crippen LogP contribution in [-0.2, 0) is 4.79 Å². The largest absolute Gasteiger partial charge is 0.481 e. The highest BCUT2D eigenvalue weighted by Crippen LogP contribution is 2.08. The van der Waals surface area contributed by atoms with Crippen molar-refractivity contribution < 1.29 is 9.90 Å². The number of aromatic nitrogens is 1. The predicted molar refractivity (Wildman–Crippen MR) is 107 cm³/mol. The molecule has 3 N–H and O–H groups in total. The normalized spacial score (nSPS) is 9.56. The highest BCUT2D eigenvalue weighted by Gasteiger charge is 1.89. The zero-order valence-corrected chi connectivity index (χ0v) is 15.8. The van der Waals surface area contributed by atoms with Crippen LogP contribution in [0.4, 0.5) is 0 Å². The van der Waals surface area contributed by atoms with Crippen molar-refractivity contribution in [3.63, 3.8) is 0 Å². The summed E-state index contributed by atoms with van der Waals surface area (Å²) in [6, 6.07) is 12.1. The molecule has 4 heteroatoms. The van der Waals surface area contributed by atoms with E-state index in [1.165, 1.54) is 56.8 Å². The van der Waals surface area contributed by atoms with Crippen LogP contribution in [0.5, 0.6) is 0 Å². The van der Waals surface area contributed by atoms with Crippen molar-refractivity contribution in [2.24, 2.45) is 5.73 Å². The zero-order chi connectivity index (χ0) is 18.8. The van der Waals surface area contributed by atoms with Crippen molar-refractivity contribution in [3.05, 3.63) is 42.6 Å². The Bertz CT molecular complexity index is 481. The molecule has 0 saturated heterocycles. The molecular weight excluding hydrogens is 312 g/mol. The summed E-state index contributed by atoms with van der Waals surface area (Å²) in [6.45, 7) is 4.21. The van der Waals surface area contributed by atoms with Crippen LogP contribution in [0, 0.1) is 0 Å². The van der Waals surface area contributed by atoms with Crippen LogP contribution in [0.1, 0.15) is 65.2 Å². The number of nitrogens with zero attached hydrogens (tertiary/aromatic N) is 1. The molecule has 0 aliphatic heterocycles. The van der Waals surface area contributed by atoms with Crippen LogP contribution in [0.15, 0.2) is 42.6 Å². The summed E-state index contributed by atoms with van der Waals surface area (Å²) in [6.07, 6.45) is 12.8. The molecule has 1 aromatic carbocycles. The molecule has 140 valence electrons. The summed E-state index contributed by atoms with van der Waals surface area (Å²) in [4.78, 5) is 13.2. The topological polar surface area (TPSA) is 76.2 Å². The van der Waals surface area contributed by atoms with Gasteiger partial charge in [0.25, 0.3) is 5.97 Å². The molecule has 0 spiro atoms. The number of rotatable bonds is 8. The van der Waals surface area contributed by atoms with Gasteiger partial charge in [-0.3, -0.25) is 9.78 Å². The van der Waals surface area contributed by atoms with E-state index in [9.17, 15) is 0 Å². The minimum absolute atomic E-state index is 0.833. The molecule has 2 aromatic rings. The minimum Gasteiger partial charge on any atom is -0.481 e. The Hall–Kier alpha value is -1.94. The van der Waals surface area contributed by atoms with E-state index >= 15 is 0 Å². The molecule has 1 aromatic heterocycles. The molecule has 1 heterocycles. The number of fused-ring (bicyclic) bond motifs is 1. The minimum atomic E-state index is -0.833. The Morgan fingerprint density at radius 1 is 0.960 bits per heavy atom. The van der Waals surface area contributed by atoms with Crippen LogP contribution in [0.25, 0.3) is 10.9 Å². The molecule has 0 bridgehead atoms. The fourth-order valence-corrected chi connectivity index (χ4v) is 2.29. The molecule has 0 unspecified atom stereocenters. The SMILES string of the molecule is CC(=O)O.CCCCCCCCCCN.c1ccc2ncccc2c1. The lowest BCUT2D eigenvalue weighted by molar-refractivity contribution is -0.134. The Balaban J connectivity index is 0.000000382. The van der Waals surface area contributed by atoms with Crippen molar-refractivity contribution >= 4 is 16.9 Å². The first-order valence-corrected chi connectivity index (χ1v) is 9.31. The van der Waals surface area contributed by atoms with Crippen LogP contribution in [-0.4, -0.2) is 22.6 Å². The lowest BCUT2D eigenvalue weighted by Crippen LogP contribution is -1.97. The van der Waals surface area contributed by atoms with Crippen molar-refractivity contribution in [3.8, 4) is 0 Å². The zero-order valence-electron chi connectivity index (χ0n) is 15.8. The van der Waals surface area contributed by atoms with E-state index in [0.717, 1.165) is 19.0 Å². The third-order valence-electron chi connectivity index (χ3n) is 3.57. The van der Waals surface area contributed by atoms with Gasteiger partial charge in [-0.05, 0) is 25.1 Å². The number of hydrogen-bond acceptors (Lipinski definition) is 3. The molecule has 2 rings (SSSR count). The number of carbonyl (C=O) groups is 1. The maximum atomic E-state index is 9.00. The van der Waals surface area contributed by atoms with Gasteiger partial charge >= 0.3 is 0 Å². The monoisotopic (exact) mass is 346 g/mol. The van der Waals surface area contributed by atoms with Gasteiger partial charge < -0.3 is 10.8 Å². The number of pyridine rings is 1. The number of unbranched alkanes of at least 4 members (excludes halogenated alkanes) is 7. The lowest BCUT2D eigenvalue weighted by atomic mass is 10.1. The molecule has 0 saturated carbocycles. The van der Waals surface area contributed by atoms with E-state index < -0.39 is 5.97 Å². The highest BCUT2D eigenvalue weighted by molar-refractivity contribution is 5.77. The Morgan fingerprint density at radius 3 is 2.04 bits per heavy atom.